The van der Waals surface area contributed by atoms with Gasteiger partial charge in [0.15, 0.2) is 17.3 Å². The Morgan fingerprint density at radius 2 is 1.73 bits per heavy atom. The zero-order valence-corrected chi connectivity index (χ0v) is 17.2. The Balaban J connectivity index is 1.87. The van der Waals surface area contributed by atoms with Crippen molar-refractivity contribution in [3.8, 4) is 11.5 Å². The number of alkyl halides is 6. The Bertz CT molecular complexity index is 1140. The number of hydrogen-bond donors (Lipinski definition) is 1. The molecule has 2 amide bonds. The molecule has 6 nitrogen and oxygen atoms in total. The smallest absolute Gasteiger partial charge is 0.416 e. The number of likely N-dealkylation sites (N-methyl/N-ethyl adjacent to an activating group) is 1. The number of nitrogens with two attached hydrogens (primary N) is 1. The molecule has 1 aliphatic heterocycles. The molecule has 2 aromatic rings. The highest BCUT2D eigenvalue weighted by Crippen LogP contribution is 2.38. The van der Waals surface area contributed by atoms with Crippen LogP contribution in [0.1, 0.15) is 22.3 Å². The van der Waals surface area contributed by atoms with Gasteiger partial charge in [-0.2, -0.15) is 31.3 Å². The number of amidine groups is 1. The number of methoxy groups -OCH3 is 1. The summed E-state index contributed by atoms with van der Waals surface area (Å²) in [4.78, 5) is 16.4. The number of amides is 2. The minimum atomic E-state index is -5.01. The summed E-state index contributed by atoms with van der Waals surface area (Å²) in [6.45, 7) is -0.652. The lowest BCUT2D eigenvalue weighted by Gasteiger charge is -2.17. The van der Waals surface area contributed by atoms with Gasteiger partial charge < -0.3 is 15.2 Å². The minimum Gasteiger partial charge on any atom is -0.493 e. The first kappa shape index (κ1) is 24.0. The number of benzene rings is 2. The van der Waals surface area contributed by atoms with Crippen LogP contribution in [0.4, 0.5) is 31.1 Å². The molecule has 2 N–H and O–H groups in total. The van der Waals surface area contributed by atoms with E-state index < -0.39 is 41.7 Å². The maximum absolute atomic E-state index is 13.3. The third kappa shape index (κ3) is 5.21. The summed E-state index contributed by atoms with van der Waals surface area (Å²) < 4.78 is 89.1. The van der Waals surface area contributed by atoms with Crippen molar-refractivity contribution in [2.45, 2.75) is 19.0 Å². The topological polar surface area (TPSA) is 77.2 Å². The fourth-order valence-corrected chi connectivity index (χ4v) is 3.03. The molecule has 2 aromatic carbocycles. The summed E-state index contributed by atoms with van der Waals surface area (Å²) in [6, 6.07) is 5.24. The van der Waals surface area contributed by atoms with Gasteiger partial charge in [-0.25, -0.2) is 4.79 Å². The monoisotopic (exact) mass is 473 g/mol. The average molecular weight is 473 g/mol. The zero-order chi connectivity index (χ0) is 24.6. The van der Waals surface area contributed by atoms with E-state index in [1.807, 2.05) is 0 Å². The molecule has 0 fully saturated rings. The van der Waals surface area contributed by atoms with Crippen molar-refractivity contribution in [1.29, 1.82) is 0 Å². The predicted molar refractivity (Wildman–Crippen MR) is 107 cm³/mol. The second-order valence-electron chi connectivity index (χ2n) is 6.93. The van der Waals surface area contributed by atoms with Crippen LogP contribution < -0.4 is 15.2 Å². The summed E-state index contributed by atoms with van der Waals surface area (Å²) in [7, 11) is 2.79. The van der Waals surface area contributed by atoms with Gasteiger partial charge in [-0.05, 0) is 35.9 Å². The molecule has 3 rings (SSSR count). The van der Waals surface area contributed by atoms with Gasteiger partial charge in [-0.15, -0.1) is 0 Å². The van der Waals surface area contributed by atoms with E-state index in [-0.39, 0.29) is 23.4 Å². The number of rotatable bonds is 5. The highest BCUT2D eigenvalue weighted by atomic mass is 19.4. The molecule has 0 saturated carbocycles. The van der Waals surface area contributed by atoms with Gasteiger partial charge in [0.25, 0.3) is 0 Å². The van der Waals surface area contributed by atoms with Gasteiger partial charge in [0.1, 0.15) is 6.61 Å². The molecule has 1 heterocycles. The van der Waals surface area contributed by atoms with Crippen molar-refractivity contribution >= 4 is 17.9 Å². The molecule has 0 aliphatic carbocycles. The van der Waals surface area contributed by atoms with E-state index in [4.69, 9.17) is 15.2 Å². The van der Waals surface area contributed by atoms with E-state index in [0.29, 0.717) is 17.3 Å². The fraction of sp³-hybridized carbons (Fsp3) is 0.238. The Labute approximate surface area is 183 Å². The lowest BCUT2D eigenvalue weighted by Crippen LogP contribution is -2.22. The average Bonchev–Trinajstić information content (AvgIpc) is 2.97. The van der Waals surface area contributed by atoms with Crippen LogP contribution >= 0.6 is 0 Å². The third-order valence-electron chi connectivity index (χ3n) is 4.74. The standard InChI is InChI=1S/C21H17F6N3O3/c1-30-15(18(28)29-19(30)31)7-11-3-6-16(17(8-11)32-2)33-10-12-4-5-13(20(22,23)24)9-14(12)21(25,26)27/h3-9H,10H2,1-2H3,(H2,28,29,31). The first-order chi connectivity index (χ1) is 15.3. The molecule has 0 atom stereocenters. The predicted octanol–water partition coefficient (Wildman–Crippen LogP) is 5.08. The molecular weight excluding hydrogens is 456 g/mol. The van der Waals surface area contributed by atoms with Gasteiger partial charge in [0.05, 0.1) is 23.9 Å². The van der Waals surface area contributed by atoms with Gasteiger partial charge >= 0.3 is 18.4 Å². The molecule has 1 aliphatic rings. The Morgan fingerprint density at radius 1 is 1.03 bits per heavy atom. The molecule has 0 spiro atoms. The largest absolute Gasteiger partial charge is 0.493 e. The number of carbonyl (C=O) groups excluding carboxylic acids is 1. The highest BCUT2D eigenvalue weighted by Gasteiger charge is 2.38. The Kier molecular flexibility index (Phi) is 6.30. The van der Waals surface area contributed by atoms with E-state index in [2.05, 4.69) is 4.99 Å². The molecule has 12 heteroatoms. The van der Waals surface area contributed by atoms with E-state index in [1.165, 1.54) is 37.3 Å². The minimum absolute atomic E-state index is 0.0174. The Morgan fingerprint density at radius 3 is 2.27 bits per heavy atom. The number of ether oxygens (including phenoxy) is 2. The normalized spacial score (nSPS) is 15.8. The summed E-state index contributed by atoms with van der Waals surface area (Å²) >= 11 is 0. The van der Waals surface area contributed by atoms with Crippen molar-refractivity contribution in [1.82, 2.24) is 4.90 Å². The van der Waals surface area contributed by atoms with Crippen molar-refractivity contribution < 1.29 is 40.6 Å². The van der Waals surface area contributed by atoms with Crippen LogP contribution in [-0.4, -0.2) is 30.9 Å². The number of carbonyl (C=O) groups is 1. The third-order valence-corrected chi connectivity index (χ3v) is 4.74. The van der Waals surface area contributed by atoms with Gasteiger partial charge in [0.2, 0.25) is 0 Å². The number of aliphatic imine (C=N–C) groups is 1. The number of urea groups is 1. The van der Waals surface area contributed by atoms with Crippen LogP contribution in [0, 0.1) is 0 Å². The second-order valence-corrected chi connectivity index (χ2v) is 6.93. The van der Waals surface area contributed by atoms with Crippen LogP contribution in [0.15, 0.2) is 47.1 Å². The number of hydrogen-bond acceptors (Lipinski definition) is 4. The molecule has 33 heavy (non-hydrogen) atoms. The quantitative estimate of drug-likeness (QED) is 0.615. The highest BCUT2D eigenvalue weighted by molar-refractivity contribution is 6.13. The molecular formula is C21H17F6N3O3. The van der Waals surface area contributed by atoms with Crippen molar-refractivity contribution in [3.05, 3.63) is 64.3 Å². The van der Waals surface area contributed by atoms with Gasteiger partial charge in [0, 0.05) is 12.6 Å². The summed E-state index contributed by atoms with van der Waals surface area (Å²) in [5, 5.41) is 0. The first-order valence-electron chi connectivity index (χ1n) is 9.23. The van der Waals surface area contributed by atoms with E-state index in [9.17, 15) is 31.1 Å². The van der Waals surface area contributed by atoms with Crippen molar-refractivity contribution in [3.63, 3.8) is 0 Å². The Hall–Kier alpha value is -3.70. The first-order valence-corrected chi connectivity index (χ1v) is 9.23. The molecule has 0 saturated heterocycles. The van der Waals surface area contributed by atoms with E-state index in [1.54, 1.807) is 6.08 Å². The molecule has 176 valence electrons. The maximum Gasteiger partial charge on any atom is 0.416 e. The second kappa shape index (κ2) is 8.68. The number of nitrogens with zero attached hydrogens (tertiary/aromatic N) is 2. The fourth-order valence-electron chi connectivity index (χ4n) is 3.03. The zero-order valence-electron chi connectivity index (χ0n) is 17.2. The van der Waals surface area contributed by atoms with Crippen LogP contribution in [-0.2, 0) is 19.0 Å². The van der Waals surface area contributed by atoms with Gasteiger partial charge in [-0.3, -0.25) is 4.90 Å². The van der Waals surface area contributed by atoms with Crippen LogP contribution in [0.25, 0.3) is 6.08 Å². The molecule has 0 bridgehead atoms. The maximum atomic E-state index is 13.3. The molecule has 0 radical (unpaired) electrons. The lowest BCUT2D eigenvalue weighted by molar-refractivity contribution is -0.143. The lowest BCUT2D eigenvalue weighted by atomic mass is 10.0. The summed E-state index contributed by atoms with van der Waals surface area (Å²) in [5.74, 6) is 0.223. The summed E-state index contributed by atoms with van der Waals surface area (Å²) in [6.07, 6.45) is -8.38. The van der Waals surface area contributed by atoms with Crippen molar-refractivity contribution in [2.24, 2.45) is 10.7 Å². The summed E-state index contributed by atoms with van der Waals surface area (Å²) in [5.41, 5.74) is 3.25. The van der Waals surface area contributed by atoms with Crippen LogP contribution in [0.3, 0.4) is 0 Å². The van der Waals surface area contributed by atoms with Crippen LogP contribution in [0.2, 0.25) is 0 Å². The molecule has 0 unspecified atom stereocenters. The van der Waals surface area contributed by atoms with E-state index in [0.717, 1.165) is 6.07 Å². The van der Waals surface area contributed by atoms with Crippen LogP contribution in [0.5, 0.6) is 11.5 Å². The SMILES string of the molecule is COc1cc(C=C2C(N)=NC(=O)N2C)ccc1OCc1ccc(C(F)(F)F)cc1C(F)(F)F. The number of halogens is 6. The molecule has 0 aromatic heterocycles. The van der Waals surface area contributed by atoms with Crippen molar-refractivity contribution in [2.75, 3.05) is 14.2 Å². The van der Waals surface area contributed by atoms with Gasteiger partial charge in [-0.1, -0.05) is 12.1 Å². The van der Waals surface area contributed by atoms with E-state index >= 15 is 0 Å².